The van der Waals surface area contributed by atoms with E-state index in [1.807, 2.05) is 6.92 Å². The van der Waals surface area contributed by atoms with E-state index < -0.39 is 11.2 Å². The lowest BCUT2D eigenvalue weighted by Gasteiger charge is -2.08. The van der Waals surface area contributed by atoms with E-state index in [1.54, 1.807) is 23.7 Å². The zero-order valence-electron chi connectivity index (χ0n) is 16.2. The van der Waals surface area contributed by atoms with E-state index in [-0.39, 0.29) is 11.4 Å². The summed E-state index contributed by atoms with van der Waals surface area (Å²) in [5, 5.41) is 14.1. The molecule has 2 heterocycles. The van der Waals surface area contributed by atoms with Crippen LogP contribution in [0.25, 0.3) is 11.2 Å². The molecule has 0 saturated heterocycles. The first-order chi connectivity index (χ1) is 13.9. The number of methoxy groups -OCH3 is 1. The predicted molar refractivity (Wildman–Crippen MR) is 114 cm³/mol. The Bertz CT molecular complexity index is 1190. The highest BCUT2D eigenvalue weighted by atomic mass is 79.9. The average Bonchev–Trinajstić information content (AvgIpc) is 3.06. The van der Waals surface area contributed by atoms with Gasteiger partial charge in [-0.05, 0) is 40.0 Å². The molecule has 0 spiro atoms. The molecule has 1 aromatic carbocycles. The minimum absolute atomic E-state index is 0.000824. The van der Waals surface area contributed by atoms with Gasteiger partial charge in [0, 0.05) is 13.6 Å². The van der Waals surface area contributed by atoms with Crippen LogP contribution >= 0.6 is 15.9 Å². The number of aryl methyl sites for hydroxylation is 2. The second kappa shape index (κ2) is 8.52. The van der Waals surface area contributed by atoms with Crippen molar-refractivity contribution < 1.29 is 9.84 Å². The number of imidazole rings is 1. The van der Waals surface area contributed by atoms with E-state index in [1.165, 1.54) is 17.9 Å². The Morgan fingerprint density at radius 1 is 1.41 bits per heavy atom. The summed E-state index contributed by atoms with van der Waals surface area (Å²) in [6, 6.07) is 3.30. The van der Waals surface area contributed by atoms with Gasteiger partial charge in [-0.3, -0.25) is 14.3 Å². The molecule has 3 aromatic rings. The zero-order valence-corrected chi connectivity index (χ0v) is 17.8. The van der Waals surface area contributed by atoms with E-state index >= 15 is 0 Å². The fourth-order valence-electron chi connectivity index (χ4n) is 2.84. The number of hydrazone groups is 1. The van der Waals surface area contributed by atoms with E-state index in [9.17, 15) is 14.7 Å². The number of aromatic hydroxyl groups is 1. The first-order valence-electron chi connectivity index (χ1n) is 8.92. The summed E-state index contributed by atoms with van der Waals surface area (Å²) in [4.78, 5) is 30.9. The Morgan fingerprint density at radius 2 is 2.17 bits per heavy atom. The van der Waals surface area contributed by atoms with E-state index in [2.05, 4.69) is 36.4 Å². The van der Waals surface area contributed by atoms with Crippen molar-refractivity contribution >= 4 is 39.3 Å². The van der Waals surface area contributed by atoms with E-state index in [4.69, 9.17) is 4.74 Å². The minimum Gasteiger partial charge on any atom is -0.503 e. The van der Waals surface area contributed by atoms with Gasteiger partial charge in [0.25, 0.3) is 5.56 Å². The van der Waals surface area contributed by atoms with Gasteiger partial charge in [-0.2, -0.15) is 10.1 Å². The number of aromatic nitrogens is 4. The number of H-pyrrole nitrogens is 1. The molecule has 0 radical (unpaired) electrons. The zero-order chi connectivity index (χ0) is 21.1. The first-order valence-corrected chi connectivity index (χ1v) is 9.71. The Kier molecular flexibility index (Phi) is 6.06. The van der Waals surface area contributed by atoms with Crippen LogP contribution in [0.5, 0.6) is 11.5 Å². The minimum atomic E-state index is -0.529. The van der Waals surface area contributed by atoms with Gasteiger partial charge in [0.15, 0.2) is 22.7 Å². The third-order valence-electron chi connectivity index (χ3n) is 4.39. The van der Waals surface area contributed by atoms with Crippen molar-refractivity contribution in [2.45, 2.75) is 26.3 Å². The van der Waals surface area contributed by atoms with Crippen LogP contribution in [0.3, 0.4) is 0 Å². The maximum absolute atomic E-state index is 12.3. The van der Waals surface area contributed by atoms with Gasteiger partial charge in [-0.15, -0.1) is 0 Å². The molecule has 0 atom stereocenters. The summed E-state index contributed by atoms with van der Waals surface area (Å²) in [6.07, 6.45) is 3.28. The summed E-state index contributed by atoms with van der Waals surface area (Å²) in [7, 11) is 3.00. The Morgan fingerprint density at radius 3 is 2.86 bits per heavy atom. The molecule has 0 bridgehead atoms. The van der Waals surface area contributed by atoms with Crippen LogP contribution in [-0.2, 0) is 13.6 Å². The van der Waals surface area contributed by atoms with Crippen molar-refractivity contribution in [2.75, 3.05) is 12.5 Å². The number of nitrogens with one attached hydrogen (secondary N) is 2. The molecule has 10 nitrogen and oxygen atoms in total. The molecule has 0 amide bonds. The van der Waals surface area contributed by atoms with E-state index in [0.717, 1.165) is 12.8 Å². The van der Waals surface area contributed by atoms with Crippen molar-refractivity contribution in [3.8, 4) is 11.5 Å². The molecule has 3 rings (SSSR count). The summed E-state index contributed by atoms with van der Waals surface area (Å²) >= 11 is 3.26. The Balaban J connectivity index is 2.00. The average molecular weight is 465 g/mol. The third kappa shape index (κ3) is 4.04. The predicted octanol–water partition coefficient (Wildman–Crippen LogP) is 2.15. The molecule has 3 N–H and O–H groups in total. The molecule has 0 unspecified atom stereocenters. The smallest absolute Gasteiger partial charge is 0.329 e. The number of ether oxygens (including phenoxy) is 1. The van der Waals surface area contributed by atoms with Crippen LogP contribution in [0.1, 0.15) is 25.3 Å². The van der Waals surface area contributed by atoms with Crippen molar-refractivity contribution in [3.63, 3.8) is 0 Å². The second-order valence-electron chi connectivity index (χ2n) is 6.35. The lowest BCUT2D eigenvalue weighted by atomic mass is 10.2. The van der Waals surface area contributed by atoms with E-state index in [0.29, 0.717) is 33.8 Å². The fraction of sp³-hybridized carbons (Fsp3) is 0.333. The summed E-state index contributed by atoms with van der Waals surface area (Å²) < 4.78 is 8.59. The highest BCUT2D eigenvalue weighted by molar-refractivity contribution is 9.10. The largest absolute Gasteiger partial charge is 0.503 e. The molecule has 0 saturated carbocycles. The second-order valence-corrected chi connectivity index (χ2v) is 7.21. The highest BCUT2D eigenvalue weighted by Gasteiger charge is 2.16. The highest BCUT2D eigenvalue weighted by Crippen LogP contribution is 2.34. The van der Waals surface area contributed by atoms with Crippen LogP contribution in [-0.4, -0.2) is 37.5 Å². The fourth-order valence-corrected chi connectivity index (χ4v) is 3.30. The molecule has 11 heteroatoms. The van der Waals surface area contributed by atoms with Gasteiger partial charge >= 0.3 is 5.69 Å². The van der Waals surface area contributed by atoms with Gasteiger partial charge in [0.2, 0.25) is 5.95 Å². The number of unbranched alkanes of at least 4 members (excludes halogenated alkanes) is 1. The van der Waals surface area contributed by atoms with Crippen molar-refractivity contribution in [2.24, 2.45) is 12.1 Å². The molecule has 0 aliphatic heterocycles. The topological polar surface area (TPSA) is 127 Å². The monoisotopic (exact) mass is 464 g/mol. The van der Waals surface area contributed by atoms with Crippen LogP contribution < -0.4 is 21.4 Å². The van der Waals surface area contributed by atoms with Crippen molar-refractivity contribution in [1.29, 1.82) is 0 Å². The number of hydrogen-bond acceptors (Lipinski definition) is 7. The van der Waals surface area contributed by atoms with Gasteiger partial charge in [0.1, 0.15) is 0 Å². The normalized spacial score (nSPS) is 11.4. The molecule has 154 valence electrons. The Labute approximate surface area is 174 Å². The lowest BCUT2D eigenvalue weighted by molar-refractivity contribution is 0.372. The number of rotatable bonds is 7. The molecular weight excluding hydrogens is 444 g/mol. The molecule has 0 aliphatic rings. The number of benzene rings is 1. The third-order valence-corrected chi connectivity index (χ3v) is 5.00. The number of halogens is 1. The maximum Gasteiger partial charge on any atom is 0.329 e. The number of phenols is 1. The maximum atomic E-state index is 12.3. The molecule has 0 aliphatic carbocycles. The molecule has 29 heavy (non-hydrogen) atoms. The van der Waals surface area contributed by atoms with Crippen molar-refractivity contribution in [3.05, 3.63) is 43.0 Å². The van der Waals surface area contributed by atoms with Gasteiger partial charge in [-0.1, -0.05) is 13.3 Å². The number of hydrogen-bond donors (Lipinski definition) is 3. The molecular formula is C18H21BrN6O4. The first kappa shape index (κ1) is 20.6. The number of anilines is 1. The number of phenolic OH excluding ortho intramolecular Hbond substituents is 1. The summed E-state index contributed by atoms with van der Waals surface area (Å²) in [5.41, 5.74) is 3.08. The lowest BCUT2D eigenvalue weighted by Crippen LogP contribution is -2.29. The summed E-state index contributed by atoms with van der Waals surface area (Å²) in [6.45, 7) is 2.59. The summed E-state index contributed by atoms with van der Waals surface area (Å²) in [5.74, 6) is 0.651. The van der Waals surface area contributed by atoms with Crippen LogP contribution in [0, 0.1) is 0 Å². The molecule has 0 fully saturated rings. The number of fused-ring (bicyclic) bond motifs is 1. The van der Waals surface area contributed by atoms with Crippen LogP contribution in [0.2, 0.25) is 0 Å². The SMILES string of the molecule is CCCCn1c(N/N=C\c2cc(Br)c(O)c(OC)c2)nc2c1c(=O)[nH]c(=O)n2C. The number of nitrogens with zero attached hydrogens (tertiary/aromatic N) is 4. The van der Waals surface area contributed by atoms with Gasteiger partial charge in [-0.25, -0.2) is 10.2 Å². The van der Waals surface area contributed by atoms with Gasteiger partial charge in [0.05, 0.1) is 17.8 Å². The standard InChI is InChI=1S/C18H21BrN6O4/c1-4-5-6-25-13-15(24(2)18(28)22-16(13)27)21-17(25)23-20-9-10-7-11(19)14(26)12(8-10)29-3/h7-9,26H,4-6H2,1-3H3,(H,21,23)(H,22,27,28)/b20-9-. The van der Waals surface area contributed by atoms with Crippen LogP contribution in [0.4, 0.5) is 5.95 Å². The van der Waals surface area contributed by atoms with Gasteiger partial charge < -0.3 is 14.4 Å². The van der Waals surface area contributed by atoms with Crippen LogP contribution in [0.15, 0.2) is 31.3 Å². The Hall–Kier alpha value is -3.08. The van der Waals surface area contributed by atoms with Crippen molar-refractivity contribution in [1.82, 2.24) is 19.1 Å². The number of aromatic amines is 1. The quantitative estimate of drug-likeness (QED) is 0.363. The molecule has 2 aromatic heterocycles.